The van der Waals surface area contributed by atoms with Gasteiger partial charge in [0.25, 0.3) is 5.69 Å². The van der Waals surface area contributed by atoms with Gasteiger partial charge in [-0.25, -0.2) is 4.79 Å². The minimum atomic E-state index is -1.01. The number of carboxylic acid groups (broad SMARTS) is 1. The number of rotatable bonds is 5. The monoisotopic (exact) mass is 335 g/mol. The molecule has 2 rings (SSSR count). The van der Waals surface area contributed by atoms with Gasteiger partial charge in [-0.05, 0) is 24.8 Å². The first-order valence-electron chi connectivity index (χ1n) is 7.78. The topological polar surface area (TPSA) is 104 Å². The van der Waals surface area contributed by atoms with Gasteiger partial charge in [-0.1, -0.05) is 19.1 Å². The Balaban J connectivity index is 2.14. The van der Waals surface area contributed by atoms with Crippen LogP contribution in [0.4, 0.5) is 11.4 Å². The van der Waals surface area contributed by atoms with Gasteiger partial charge < -0.3 is 14.9 Å². The highest BCUT2D eigenvalue weighted by atomic mass is 16.6. The maximum absolute atomic E-state index is 12.5. The summed E-state index contributed by atoms with van der Waals surface area (Å²) in [6.07, 6.45) is 1.18. The van der Waals surface area contributed by atoms with Gasteiger partial charge in [-0.2, -0.15) is 0 Å². The van der Waals surface area contributed by atoms with Crippen LogP contribution in [0.5, 0.6) is 0 Å². The molecule has 8 nitrogen and oxygen atoms in total. The normalized spacial score (nSPS) is 20.5. The predicted octanol–water partition coefficient (Wildman–Crippen LogP) is 1.74. The van der Waals surface area contributed by atoms with Crippen molar-refractivity contribution in [2.24, 2.45) is 5.92 Å². The van der Waals surface area contributed by atoms with Gasteiger partial charge in [0.15, 0.2) is 0 Å². The molecule has 1 aliphatic rings. The van der Waals surface area contributed by atoms with Gasteiger partial charge >= 0.3 is 5.97 Å². The molecule has 1 amide bonds. The van der Waals surface area contributed by atoms with Crippen LogP contribution in [-0.4, -0.2) is 53.0 Å². The number of nitro groups is 1. The molecule has 0 saturated carbocycles. The first-order chi connectivity index (χ1) is 11.3. The zero-order valence-electron chi connectivity index (χ0n) is 13.7. The van der Waals surface area contributed by atoms with Crippen molar-refractivity contribution in [1.29, 1.82) is 0 Å². The lowest BCUT2D eigenvalue weighted by Crippen LogP contribution is -2.52. The van der Waals surface area contributed by atoms with Crippen molar-refractivity contribution in [3.63, 3.8) is 0 Å². The van der Waals surface area contributed by atoms with Crippen LogP contribution in [-0.2, 0) is 9.59 Å². The Morgan fingerprint density at radius 3 is 2.71 bits per heavy atom. The van der Waals surface area contributed by atoms with Crippen LogP contribution < -0.4 is 4.90 Å². The average molecular weight is 335 g/mol. The Labute approximate surface area is 139 Å². The molecule has 2 atom stereocenters. The van der Waals surface area contributed by atoms with Gasteiger partial charge in [0.2, 0.25) is 5.91 Å². The van der Waals surface area contributed by atoms with Crippen LogP contribution in [0.1, 0.15) is 19.8 Å². The number of carboxylic acids is 1. The lowest BCUT2D eigenvalue weighted by molar-refractivity contribution is -0.384. The van der Waals surface area contributed by atoms with E-state index in [4.69, 9.17) is 0 Å². The van der Waals surface area contributed by atoms with E-state index >= 15 is 0 Å². The van der Waals surface area contributed by atoms with Gasteiger partial charge in [0.1, 0.15) is 11.7 Å². The summed E-state index contributed by atoms with van der Waals surface area (Å²) >= 11 is 0. The molecule has 2 unspecified atom stereocenters. The average Bonchev–Trinajstić information content (AvgIpc) is 2.54. The fraction of sp³-hybridized carbons (Fsp3) is 0.500. The molecular weight excluding hydrogens is 314 g/mol. The van der Waals surface area contributed by atoms with E-state index in [2.05, 4.69) is 0 Å². The van der Waals surface area contributed by atoms with E-state index in [1.54, 1.807) is 25.2 Å². The zero-order chi connectivity index (χ0) is 17.9. The SMILES string of the molecule is CC1CCN(C(=O)CN(C)c2ccccc2[N+](=O)[O-])C(C(=O)O)C1. The van der Waals surface area contributed by atoms with Crippen LogP contribution in [0, 0.1) is 16.0 Å². The molecule has 0 bridgehead atoms. The maximum atomic E-state index is 12.5. The summed E-state index contributed by atoms with van der Waals surface area (Å²) in [5, 5.41) is 20.4. The summed E-state index contributed by atoms with van der Waals surface area (Å²) in [4.78, 5) is 37.4. The molecule has 1 aliphatic heterocycles. The van der Waals surface area contributed by atoms with Gasteiger partial charge in [0.05, 0.1) is 11.5 Å². The van der Waals surface area contributed by atoms with E-state index in [0.717, 1.165) is 6.42 Å². The summed E-state index contributed by atoms with van der Waals surface area (Å²) in [5.41, 5.74) is 0.239. The third-order valence-electron chi connectivity index (χ3n) is 4.33. The first kappa shape index (κ1) is 17.7. The van der Waals surface area contributed by atoms with Crippen LogP contribution in [0.3, 0.4) is 0 Å². The third kappa shape index (κ3) is 3.81. The van der Waals surface area contributed by atoms with Crippen LogP contribution in [0.15, 0.2) is 24.3 Å². The predicted molar refractivity (Wildman–Crippen MR) is 87.9 cm³/mol. The van der Waals surface area contributed by atoms with Crippen molar-refractivity contribution in [2.75, 3.05) is 25.0 Å². The largest absolute Gasteiger partial charge is 0.480 e. The molecule has 0 aromatic heterocycles. The molecule has 1 aromatic rings. The number of benzene rings is 1. The van der Waals surface area contributed by atoms with Crippen molar-refractivity contribution < 1.29 is 19.6 Å². The molecule has 1 saturated heterocycles. The van der Waals surface area contributed by atoms with Crippen LogP contribution in [0.25, 0.3) is 0 Å². The number of anilines is 1. The molecule has 1 fully saturated rings. The van der Waals surface area contributed by atoms with Crippen LogP contribution >= 0.6 is 0 Å². The highest BCUT2D eigenvalue weighted by molar-refractivity contribution is 5.87. The minimum Gasteiger partial charge on any atom is -0.480 e. The van der Waals surface area contributed by atoms with Gasteiger partial charge in [0, 0.05) is 19.7 Å². The number of nitro benzene ring substituents is 1. The molecule has 1 heterocycles. The van der Waals surface area contributed by atoms with E-state index in [0.29, 0.717) is 18.7 Å². The van der Waals surface area contributed by atoms with Gasteiger partial charge in [-0.3, -0.25) is 14.9 Å². The minimum absolute atomic E-state index is 0.0881. The number of likely N-dealkylation sites (N-methyl/N-ethyl adjacent to an activating group) is 1. The Kier molecular flexibility index (Phi) is 5.38. The fourth-order valence-electron chi connectivity index (χ4n) is 2.99. The van der Waals surface area contributed by atoms with Crippen molar-refractivity contribution in [2.45, 2.75) is 25.8 Å². The maximum Gasteiger partial charge on any atom is 0.326 e. The van der Waals surface area contributed by atoms with E-state index in [1.165, 1.54) is 15.9 Å². The third-order valence-corrected chi connectivity index (χ3v) is 4.33. The van der Waals surface area contributed by atoms with Crippen molar-refractivity contribution in [3.05, 3.63) is 34.4 Å². The summed E-state index contributed by atoms with van der Waals surface area (Å²) in [5.74, 6) is -1.10. The van der Waals surface area contributed by atoms with Crippen molar-refractivity contribution >= 4 is 23.3 Å². The molecule has 0 radical (unpaired) electrons. The molecule has 130 valence electrons. The fourth-order valence-corrected chi connectivity index (χ4v) is 2.99. The number of likely N-dealkylation sites (tertiary alicyclic amines) is 1. The number of piperidine rings is 1. The molecular formula is C16H21N3O5. The quantitative estimate of drug-likeness (QED) is 0.649. The molecule has 8 heteroatoms. The van der Waals surface area contributed by atoms with Crippen LogP contribution in [0.2, 0.25) is 0 Å². The van der Waals surface area contributed by atoms with E-state index in [1.807, 2.05) is 6.92 Å². The molecule has 0 aliphatic carbocycles. The molecule has 24 heavy (non-hydrogen) atoms. The van der Waals surface area contributed by atoms with E-state index in [9.17, 15) is 24.8 Å². The number of amides is 1. The van der Waals surface area contributed by atoms with Gasteiger partial charge in [-0.15, -0.1) is 0 Å². The second kappa shape index (κ2) is 7.29. The number of aliphatic carboxylic acids is 1. The second-order valence-corrected chi connectivity index (χ2v) is 6.17. The number of carbonyl (C=O) groups is 2. The highest BCUT2D eigenvalue weighted by Crippen LogP contribution is 2.27. The Bertz CT molecular complexity index is 648. The smallest absolute Gasteiger partial charge is 0.326 e. The first-order valence-corrected chi connectivity index (χ1v) is 7.78. The second-order valence-electron chi connectivity index (χ2n) is 6.17. The zero-order valence-corrected chi connectivity index (χ0v) is 13.7. The van der Waals surface area contributed by atoms with E-state index in [-0.39, 0.29) is 24.1 Å². The number of hydrogen-bond acceptors (Lipinski definition) is 5. The van der Waals surface area contributed by atoms with Crippen molar-refractivity contribution in [3.8, 4) is 0 Å². The lowest BCUT2D eigenvalue weighted by Gasteiger charge is -2.37. The number of carbonyl (C=O) groups excluding carboxylic acids is 1. The molecule has 1 aromatic carbocycles. The number of para-hydroxylation sites is 2. The summed E-state index contributed by atoms with van der Waals surface area (Å²) in [7, 11) is 1.59. The molecule has 0 spiro atoms. The summed E-state index contributed by atoms with van der Waals surface area (Å²) < 4.78 is 0. The van der Waals surface area contributed by atoms with Crippen molar-refractivity contribution in [1.82, 2.24) is 4.90 Å². The summed E-state index contributed by atoms with van der Waals surface area (Å²) in [6.45, 7) is 2.25. The highest BCUT2D eigenvalue weighted by Gasteiger charge is 2.35. The Morgan fingerprint density at radius 2 is 2.08 bits per heavy atom. The lowest BCUT2D eigenvalue weighted by atomic mass is 9.92. The number of nitrogens with zero attached hydrogens (tertiary/aromatic N) is 3. The Hall–Kier alpha value is -2.64. The van der Waals surface area contributed by atoms with E-state index < -0.39 is 16.9 Å². The molecule has 1 N–H and O–H groups in total. The Morgan fingerprint density at radius 1 is 1.42 bits per heavy atom. The standard InChI is InChI=1S/C16H21N3O5/c1-11-7-8-18(14(9-11)16(21)22)15(20)10-17(2)12-5-3-4-6-13(12)19(23)24/h3-6,11,14H,7-10H2,1-2H3,(H,21,22). The summed E-state index contributed by atoms with van der Waals surface area (Å²) in [6, 6.07) is 5.33. The number of hydrogen-bond donors (Lipinski definition) is 1.